The van der Waals surface area contributed by atoms with Gasteiger partial charge in [0.05, 0.1) is 19.8 Å². The largest absolute Gasteiger partial charge is 0.490 e. The maximum Gasteiger partial charge on any atom is 0.326 e. The quantitative estimate of drug-likeness (QED) is 0.572. The van der Waals surface area contributed by atoms with Crippen LogP contribution >= 0.6 is 0 Å². The zero-order chi connectivity index (χ0) is 18.8. The van der Waals surface area contributed by atoms with Crippen molar-refractivity contribution in [3.63, 3.8) is 0 Å². The first-order valence-electron chi connectivity index (χ1n) is 8.02. The fraction of sp³-hybridized carbons (Fsp3) is 0.471. The van der Waals surface area contributed by atoms with E-state index in [0.29, 0.717) is 30.3 Å². The van der Waals surface area contributed by atoms with Crippen molar-refractivity contribution in [2.45, 2.75) is 33.2 Å². The molecule has 25 heavy (non-hydrogen) atoms. The van der Waals surface area contributed by atoms with Crippen LogP contribution in [0.25, 0.3) is 0 Å². The number of hydrogen-bond donors (Lipinski definition) is 3. The molecule has 0 saturated carbocycles. The van der Waals surface area contributed by atoms with E-state index >= 15 is 0 Å². The van der Waals surface area contributed by atoms with Crippen LogP contribution in [0.4, 0.5) is 0 Å². The number of nitrogens with one attached hydrogen (secondary N) is 2. The average Bonchev–Trinajstić information content (AvgIpc) is 2.55. The molecule has 2 amide bonds. The highest BCUT2D eigenvalue weighted by atomic mass is 16.5. The Labute approximate surface area is 146 Å². The first-order valence-corrected chi connectivity index (χ1v) is 8.02. The molecule has 0 saturated heterocycles. The van der Waals surface area contributed by atoms with E-state index in [1.54, 1.807) is 18.2 Å². The number of hydrogen-bond acceptors (Lipinski definition) is 5. The minimum atomic E-state index is -1.16. The van der Waals surface area contributed by atoms with Crippen LogP contribution in [0, 0.1) is 0 Å². The number of aliphatic carboxylic acids is 1. The molecule has 0 aliphatic rings. The molecule has 8 heteroatoms. The summed E-state index contributed by atoms with van der Waals surface area (Å²) in [4.78, 5) is 33.9. The molecule has 0 aliphatic heterocycles. The second-order valence-corrected chi connectivity index (χ2v) is 5.22. The zero-order valence-corrected chi connectivity index (χ0v) is 14.6. The molecule has 3 N–H and O–H groups in total. The maximum absolute atomic E-state index is 11.7. The van der Waals surface area contributed by atoms with Crippen molar-refractivity contribution in [3.8, 4) is 11.5 Å². The minimum Gasteiger partial charge on any atom is -0.490 e. The van der Waals surface area contributed by atoms with Crippen molar-refractivity contribution in [3.05, 3.63) is 23.8 Å². The van der Waals surface area contributed by atoms with Crippen molar-refractivity contribution >= 4 is 17.8 Å². The molecule has 1 aromatic rings. The summed E-state index contributed by atoms with van der Waals surface area (Å²) in [6.07, 6.45) is 0.0770. The highest BCUT2D eigenvalue weighted by molar-refractivity contribution is 5.87. The van der Waals surface area contributed by atoms with Gasteiger partial charge in [0.2, 0.25) is 11.8 Å². The number of carboxylic acid groups (broad SMARTS) is 1. The van der Waals surface area contributed by atoms with E-state index in [1.807, 2.05) is 13.8 Å². The van der Waals surface area contributed by atoms with Crippen LogP contribution in [-0.4, -0.2) is 48.7 Å². The predicted molar refractivity (Wildman–Crippen MR) is 90.7 cm³/mol. The fourth-order valence-corrected chi connectivity index (χ4v) is 2.11. The van der Waals surface area contributed by atoms with Gasteiger partial charge in [-0.15, -0.1) is 0 Å². The Hall–Kier alpha value is -2.77. The summed E-state index contributed by atoms with van der Waals surface area (Å²) in [5.74, 6) is -0.998. The number of ether oxygens (including phenoxy) is 2. The summed E-state index contributed by atoms with van der Waals surface area (Å²) < 4.78 is 11.0. The number of carboxylic acids is 1. The maximum atomic E-state index is 11.7. The lowest BCUT2D eigenvalue weighted by Gasteiger charge is -2.17. The Morgan fingerprint density at radius 2 is 1.76 bits per heavy atom. The lowest BCUT2D eigenvalue weighted by atomic mass is 10.1. The van der Waals surface area contributed by atoms with E-state index in [0.717, 1.165) is 0 Å². The molecular formula is C17H24N2O6. The average molecular weight is 352 g/mol. The lowest BCUT2D eigenvalue weighted by molar-refractivity contribution is -0.141. The van der Waals surface area contributed by atoms with Crippen LogP contribution in [0.15, 0.2) is 18.2 Å². The Bertz CT molecular complexity index is 617. The molecule has 0 bridgehead atoms. The topological polar surface area (TPSA) is 114 Å². The Balaban J connectivity index is 2.83. The van der Waals surface area contributed by atoms with Gasteiger partial charge in [-0.05, 0) is 31.5 Å². The van der Waals surface area contributed by atoms with Gasteiger partial charge in [0.15, 0.2) is 11.5 Å². The smallest absolute Gasteiger partial charge is 0.326 e. The number of benzene rings is 1. The van der Waals surface area contributed by atoms with Gasteiger partial charge < -0.3 is 25.2 Å². The predicted octanol–water partition coefficient (Wildman–Crippen LogP) is 0.732. The number of carbonyl (C=O) groups excluding carboxylic acids is 2. The summed E-state index contributed by atoms with van der Waals surface area (Å²) in [6.45, 7) is 5.62. The Kier molecular flexibility index (Phi) is 8.25. The van der Waals surface area contributed by atoms with Crippen molar-refractivity contribution in [2.75, 3.05) is 19.8 Å². The molecule has 0 spiro atoms. The van der Waals surface area contributed by atoms with Crippen LogP contribution < -0.4 is 20.1 Å². The second kappa shape index (κ2) is 10.2. The van der Waals surface area contributed by atoms with Gasteiger partial charge in [0.25, 0.3) is 0 Å². The van der Waals surface area contributed by atoms with Crippen LogP contribution in [0.1, 0.15) is 26.3 Å². The third-order valence-electron chi connectivity index (χ3n) is 3.18. The first kappa shape index (κ1) is 20.3. The van der Waals surface area contributed by atoms with E-state index in [-0.39, 0.29) is 18.9 Å². The molecule has 0 aliphatic carbocycles. The summed E-state index contributed by atoms with van der Waals surface area (Å²) >= 11 is 0. The molecule has 1 atom stereocenters. The van der Waals surface area contributed by atoms with Crippen LogP contribution in [0.2, 0.25) is 0 Å². The van der Waals surface area contributed by atoms with Crippen molar-refractivity contribution in [1.29, 1.82) is 0 Å². The van der Waals surface area contributed by atoms with E-state index in [9.17, 15) is 19.5 Å². The van der Waals surface area contributed by atoms with Crippen LogP contribution in [0.5, 0.6) is 11.5 Å². The standard InChI is InChI=1S/C17H24N2O6/c1-4-24-14-7-6-12(9-15(14)25-5-2)8-13(17(22)23)19-16(21)10-18-11(3)20/h6-7,9,13H,4-5,8,10H2,1-3H3,(H,18,20)(H,19,21)(H,22,23). The minimum absolute atomic E-state index is 0.0770. The highest BCUT2D eigenvalue weighted by Crippen LogP contribution is 2.29. The summed E-state index contributed by atoms with van der Waals surface area (Å²) in [5.41, 5.74) is 0.680. The van der Waals surface area contributed by atoms with E-state index in [4.69, 9.17) is 9.47 Å². The summed E-state index contributed by atoms with van der Waals surface area (Å²) in [7, 11) is 0. The van der Waals surface area contributed by atoms with Crippen LogP contribution in [0.3, 0.4) is 0 Å². The molecule has 0 fully saturated rings. The number of amides is 2. The molecule has 1 unspecified atom stereocenters. The fourth-order valence-electron chi connectivity index (χ4n) is 2.11. The molecule has 0 aromatic heterocycles. The molecular weight excluding hydrogens is 328 g/mol. The molecule has 8 nitrogen and oxygen atoms in total. The van der Waals surface area contributed by atoms with Crippen molar-refractivity contribution in [2.24, 2.45) is 0 Å². The molecule has 0 heterocycles. The molecule has 1 aromatic carbocycles. The summed E-state index contributed by atoms with van der Waals surface area (Å²) in [6, 6.07) is 4.02. The number of rotatable bonds is 10. The van der Waals surface area contributed by atoms with E-state index in [1.165, 1.54) is 6.92 Å². The van der Waals surface area contributed by atoms with E-state index in [2.05, 4.69) is 10.6 Å². The lowest BCUT2D eigenvalue weighted by Crippen LogP contribution is -2.46. The molecule has 138 valence electrons. The SMILES string of the molecule is CCOc1ccc(CC(NC(=O)CNC(C)=O)C(=O)O)cc1OCC. The summed E-state index contributed by atoms with van der Waals surface area (Å²) in [5, 5.41) is 14.0. The van der Waals surface area contributed by atoms with Gasteiger partial charge in [-0.3, -0.25) is 9.59 Å². The molecule has 0 radical (unpaired) electrons. The van der Waals surface area contributed by atoms with Crippen LogP contribution in [-0.2, 0) is 20.8 Å². The Morgan fingerprint density at radius 3 is 2.32 bits per heavy atom. The van der Waals surface area contributed by atoms with Gasteiger partial charge >= 0.3 is 5.97 Å². The van der Waals surface area contributed by atoms with Gasteiger partial charge in [-0.25, -0.2) is 4.79 Å². The molecule has 1 rings (SSSR count). The number of carbonyl (C=O) groups is 3. The third kappa shape index (κ3) is 7.11. The monoisotopic (exact) mass is 352 g/mol. The van der Waals surface area contributed by atoms with Crippen molar-refractivity contribution < 1.29 is 29.0 Å². The Morgan fingerprint density at radius 1 is 1.12 bits per heavy atom. The second-order valence-electron chi connectivity index (χ2n) is 5.22. The van der Waals surface area contributed by atoms with Gasteiger partial charge in [-0.2, -0.15) is 0 Å². The van der Waals surface area contributed by atoms with Crippen molar-refractivity contribution in [1.82, 2.24) is 10.6 Å². The zero-order valence-electron chi connectivity index (χ0n) is 14.6. The highest BCUT2D eigenvalue weighted by Gasteiger charge is 2.21. The van der Waals surface area contributed by atoms with Gasteiger partial charge in [-0.1, -0.05) is 6.07 Å². The first-order chi connectivity index (χ1) is 11.9. The van der Waals surface area contributed by atoms with E-state index < -0.39 is 17.9 Å². The normalized spacial score (nSPS) is 11.3. The van der Waals surface area contributed by atoms with Gasteiger partial charge in [0, 0.05) is 13.3 Å². The van der Waals surface area contributed by atoms with Gasteiger partial charge in [0.1, 0.15) is 6.04 Å². The third-order valence-corrected chi connectivity index (χ3v) is 3.18.